The molecule has 1 fully saturated rings. The monoisotopic (exact) mass is 418 g/mol. The number of hydrogen-bond acceptors (Lipinski definition) is 4. The van der Waals surface area contributed by atoms with E-state index in [1.165, 1.54) is 38.3 Å². The van der Waals surface area contributed by atoms with Crippen LogP contribution in [0.5, 0.6) is 0 Å². The van der Waals surface area contributed by atoms with Gasteiger partial charge in [-0.1, -0.05) is 62.9 Å². The van der Waals surface area contributed by atoms with Gasteiger partial charge in [-0.3, -0.25) is 0 Å². The maximum Gasteiger partial charge on any atom is 0.355 e. The van der Waals surface area contributed by atoms with Crippen molar-refractivity contribution in [3.63, 3.8) is 0 Å². The molecule has 6 heteroatoms. The van der Waals surface area contributed by atoms with E-state index in [0.717, 1.165) is 48.6 Å². The number of carboxylic acids is 1. The van der Waals surface area contributed by atoms with Crippen LogP contribution in [0.4, 0.5) is 0 Å². The van der Waals surface area contributed by atoms with E-state index in [9.17, 15) is 9.90 Å². The molecule has 1 saturated carbocycles. The zero-order valence-electron chi connectivity index (χ0n) is 18.1. The van der Waals surface area contributed by atoms with Gasteiger partial charge in [-0.15, -0.1) is 0 Å². The Morgan fingerprint density at radius 2 is 1.90 bits per heavy atom. The second-order valence-electron chi connectivity index (χ2n) is 8.38. The van der Waals surface area contributed by atoms with Gasteiger partial charge in [0.15, 0.2) is 11.5 Å². The van der Waals surface area contributed by atoms with Crippen LogP contribution >= 0.6 is 0 Å². The molecule has 3 aromatic rings. The highest BCUT2D eigenvalue weighted by Crippen LogP contribution is 2.31. The number of rotatable bonds is 8. The summed E-state index contributed by atoms with van der Waals surface area (Å²) in [4.78, 5) is 20.5. The average Bonchev–Trinajstić information content (AvgIpc) is 3.21. The molecular formula is C25H30N4O2. The van der Waals surface area contributed by atoms with E-state index < -0.39 is 5.97 Å². The first-order chi connectivity index (χ1) is 15.2. The third kappa shape index (κ3) is 5.01. The third-order valence-electron chi connectivity index (χ3n) is 6.10. The second kappa shape index (κ2) is 9.86. The van der Waals surface area contributed by atoms with Crippen LogP contribution in [0.3, 0.4) is 0 Å². The van der Waals surface area contributed by atoms with E-state index in [-0.39, 0.29) is 5.69 Å². The Morgan fingerprint density at radius 1 is 1.13 bits per heavy atom. The fraction of sp³-hybridized carbons (Fsp3) is 0.440. The third-order valence-corrected chi connectivity index (χ3v) is 6.10. The number of hydrogen-bond donors (Lipinski definition) is 1. The van der Waals surface area contributed by atoms with Crippen molar-refractivity contribution in [2.75, 3.05) is 0 Å². The van der Waals surface area contributed by atoms with Gasteiger partial charge in [0.25, 0.3) is 0 Å². The highest BCUT2D eigenvalue weighted by molar-refractivity contribution is 5.93. The largest absolute Gasteiger partial charge is 0.476 e. The van der Waals surface area contributed by atoms with Crippen molar-refractivity contribution in [2.24, 2.45) is 0 Å². The lowest BCUT2D eigenvalue weighted by molar-refractivity contribution is 0.0691. The summed E-state index contributed by atoms with van der Waals surface area (Å²) in [5.41, 5.74) is 2.70. The minimum atomic E-state index is -1.01. The first-order valence-corrected chi connectivity index (χ1v) is 11.4. The van der Waals surface area contributed by atoms with Crippen LogP contribution in [0.2, 0.25) is 0 Å². The van der Waals surface area contributed by atoms with Crippen molar-refractivity contribution < 1.29 is 9.90 Å². The highest BCUT2D eigenvalue weighted by atomic mass is 16.4. The molecule has 4 rings (SSSR count). The summed E-state index contributed by atoms with van der Waals surface area (Å²) >= 11 is 0. The van der Waals surface area contributed by atoms with E-state index >= 15 is 0 Å². The van der Waals surface area contributed by atoms with Gasteiger partial charge in [0.05, 0.1) is 0 Å². The minimum Gasteiger partial charge on any atom is -0.476 e. The Kier molecular flexibility index (Phi) is 6.75. The maximum absolute atomic E-state index is 11.5. The van der Waals surface area contributed by atoms with Crippen molar-refractivity contribution in [3.05, 3.63) is 65.5 Å². The zero-order valence-corrected chi connectivity index (χ0v) is 18.1. The molecule has 2 heterocycles. The van der Waals surface area contributed by atoms with E-state index in [0.29, 0.717) is 11.5 Å². The SMILES string of the molecule is CCCCn1nc(C2CCCCC2)nc1Cc1ccc(-c2cccnc2C(=O)O)cc1. The zero-order chi connectivity index (χ0) is 21.6. The lowest BCUT2D eigenvalue weighted by Gasteiger charge is -2.18. The maximum atomic E-state index is 11.5. The van der Waals surface area contributed by atoms with Gasteiger partial charge in [-0.05, 0) is 36.5 Å². The van der Waals surface area contributed by atoms with Gasteiger partial charge < -0.3 is 5.11 Å². The number of aryl methyl sites for hydroxylation is 1. The predicted octanol–water partition coefficient (Wildman–Crippen LogP) is 5.48. The first kappa shape index (κ1) is 21.2. The minimum absolute atomic E-state index is 0.0756. The summed E-state index contributed by atoms with van der Waals surface area (Å²) in [6.45, 7) is 3.10. The second-order valence-corrected chi connectivity index (χ2v) is 8.38. The molecule has 2 aromatic heterocycles. The molecule has 0 atom stereocenters. The lowest BCUT2D eigenvalue weighted by Crippen LogP contribution is -2.08. The van der Waals surface area contributed by atoms with E-state index in [4.69, 9.17) is 10.1 Å². The normalized spacial score (nSPS) is 14.6. The van der Waals surface area contributed by atoms with Crippen molar-refractivity contribution in [2.45, 2.75) is 70.8 Å². The number of carboxylic acid groups (broad SMARTS) is 1. The van der Waals surface area contributed by atoms with Gasteiger partial charge in [-0.2, -0.15) is 5.10 Å². The Morgan fingerprint density at radius 3 is 2.61 bits per heavy atom. The summed E-state index contributed by atoms with van der Waals surface area (Å²) < 4.78 is 2.10. The molecule has 0 radical (unpaired) electrons. The molecule has 0 bridgehead atoms. The number of pyridine rings is 1. The fourth-order valence-corrected chi connectivity index (χ4v) is 4.34. The van der Waals surface area contributed by atoms with Crippen molar-refractivity contribution >= 4 is 5.97 Å². The molecule has 1 aromatic carbocycles. The Bertz CT molecular complexity index is 1020. The number of aromatic nitrogens is 4. The number of aromatic carboxylic acids is 1. The van der Waals surface area contributed by atoms with Crippen LogP contribution in [0, 0.1) is 0 Å². The van der Waals surface area contributed by atoms with E-state index in [1.807, 2.05) is 24.3 Å². The Hall–Kier alpha value is -3.02. The smallest absolute Gasteiger partial charge is 0.355 e. The molecule has 6 nitrogen and oxygen atoms in total. The van der Waals surface area contributed by atoms with Crippen LogP contribution in [0.25, 0.3) is 11.1 Å². The molecular weight excluding hydrogens is 388 g/mol. The Balaban J connectivity index is 1.56. The molecule has 0 saturated heterocycles. The fourth-order valence-electron chi connectivity index (χ4n) is 4.34. The molecule has 0 amide bonds. The molecule has 1 N–H and O–H groups in total. The van der Waals surface area contributed by atoms with Crippen molar-refractivity contribution in [3.8, 4) is 11.1 Å². The van der Waals surface area contributed by atoms with Gasteiger partial charge in [-0.25, -0.2) is 19.4 Å². The Labute approximate surface area is 183 Å². The topological polar surface area (TPSA) is 80.9 Å². The van der Waals surface area contributed by atoms with Gasteiger partial charge in [0, 0.05) is 30.6 Å². The molecule has 0 spiro atoms. The molecule has 31 heavy (non-hydrogen) atoms. The number of nitrogens with zero attached hydrogens (tertiary/aromatic N) is 4. The highest BCUT2D eigenvalue weighted by Gasteiger charge is 2.21. The van der Waals surface area contributed by atoms with E-state index in [2.05, 4.69) is 16.6 Å². The van der Waals surface area contributed by atoms with Crippen LogP contribution < -0.4 is 0 Å². The van der Waals surface area contributed by atoms with Crippen LogP contribution in [-0.2, 0) is 13.0 Å². The molecule has 0 unspecified atom stereocenters. The summed E-state index contributed by atoms with van der Waals surface area (Å²) in [5, 5.41) is 14.3. The average molecular weight is 419 g/mol. The molecule has 1 aliphatic carbocycles. The number of unbranched alkanes of at least 4 members (excludes halogenated alkanes) is 1. The molecule has 162 valence electrons. The standard InChI is InChI=1S/C25H30N4O2/c1-2-3-16-29-22(27-24(28-29)20-8-5-4-6-9-20)17-18-11-13-19(14-12-18)21-10-7-15-26-23(21)25(30)31/h7,10-15,20H,2-6,8-9,16-17H2,1H3,(H,30,31). The van der Waals surface area contributed by atoms with Gasteiger partial charge >= 0.3 is 5.97 Å². The molecule has 0 aliphatic heterocycles. The quantitative estimate of drug-likeness (QED) is 0.524. The van der Waals surface area contributed by atoms with Crippen LogP contribution in [-0.4, -0.2) is 30.8 Å². The van der Waals surface area contributed by atoms with Crippen LogP contribution in [0.15, 0.2) is 42.6 Å². The summed E-state index contributed by atoms with van der Waals surface area (Å²) in [6, 6.07) is 11.6. The van der Waals surface area contributed by atoms with Gasteiger partial charge in [0.1, 0.15) is 5.82 Å². The summed E-state index contributed by atoms with van der Waals surface area (Å²) in [7, 11) is 0. The summed E-state index contributed by atoms with van der Waals surface area (Å²) in [5.74, 6) is 1.52. The number of benzene rings is 1. The predicted molar refractivity (Wildman–Crippen MR) is 120 cm³/mol. The van der Waals surface area contributed by atoms with Crippen molar-refractivity contribution in [1.29, 1.82) is 0 Å². The van der Waals surface area contributed by atoms with Crippen molar-refractivity contribution in [1.82, 2.24) is 19.7 Å². The summed E-state index contributed by atoms with van der Waals surface area (Å²) in [6.07, 6.45) is 10.7. The lowest BCUT2D eigenvalue weighted by atomic mass is 9.89. The first-order valence-electron chi connectivity index (χ1n) is 11.4. The number of carbonyl (C=O) groups is 1. The van der Waals surface area contributed by atoms with E-state index in [1.54, 1.807) is 12.1 Å². The molecule has 1 aliphatic rings. The van der Waals surface area contributed by atoms with Gasteiger partial charge in [0.2, 0.25) is 0 Å². The van der Waals surface area contributed by atoms with Crippen LogP contribution in [0.1, 0.15) is 85.5 Å².